The Morgan fingerprint density at radius 1 is 1.20 bits per heavy atom. The van der Waals surface area contributed by atoms with Crippen molar-refractivity contribution in [2.75, 3.05) is 31.6 Å². The van der Waals surface area contributed by atoms with Gasteiger partial charge in [-0.2, -0.15) is 0 Å². The zero-order valence-electron chi connectivity index (χ0n) is 13.0. The summed E-state index contributed by atoms with van der Waals surface area (Å²) in [6, 6.07) is 9.03. The fourth-order valence-electron chi connectivity index (χ4n) is 3.00. The predicted octanol–water partition coefficient (Wildman–Crippen LogP) is 3.05. The lowest BCUT2D eigenvalue weighted by Crippen LogP contribution is -2.43. The van der Waals surface area contributed by atoms with E-state index in [4.69, 9.17) is 0 Å². The maximum atomic E-state index is 9.84. The lowest BCUT2D eigenvalue weighted by Gasteiger charge is -2.37. The number of hydrogen-bond acceptors (Lipinski definition) is 3. The van der Waals surface area contributed by atoms with Crippen LogP contribution in [0.4, 0.5) is 5.69 Å². The van der Waals surface area contributed by atoms with Gasteiger partial charge in [-0.25, -0.2) is 0 Å². The molecule has 1 aromatic rings. The molecule has 0 radical (unpaired) electrons. The van der Waals surface area contributed by atoms with Crippen LogP contribution in [-0.2, 0) is 0 Å². The second-order valence-electron chi connectivity index (χ2n) is 5.79. The first kappa shape index (κ1) is 15.3. The summed E-state index contributed by atoms with van der Waals surface area (Å²) in [7, 11) is 2.19. The molecule has 1 aliphatic heterocycles. The van der Waals surface area contributed by atoms with Gasteiger partial charge < -0.3 is 14.9 Å². The summed E-state index contributed by atoms with van der Waals surface area (Å²) in [6.45, 7) is 7.82. The Hall–Kier alpha value is -1.06. The summed E-state index contributed by atoms with van der Waals surface area (Å²) < 4.78 is 0. The largest absolute Gasteiger partial charge is 0.388 e. The minimum absolute atomic E-state index is 0.331. The normalized spacial score (nSPS) is 19.0. The second-order valence-corrected chi connectivity index (χ2v) is 5.79. The number of benzene rings is 1. The fraction of sp³-hybridized carbons (Fsp3) is 0.647. The lowest BCUT2D eigenvalue weighted by atomic mass is 10.0. The molecule has 1 atom stereocenters. The zero-order chi connectivity index (χ0) is 14.5. The molecule has 1 saturated heterocycles. The van der Waals surface area contributed by atoms with E-state index in [-0.39, 0.29) is 6.10 Å². The van der Waals surface area contributed by atoms with Gasteiger partial charge in [-0.3, -0.25) is 0 Å². The van der Waals surface area contributed by atoms with Gasteiger partial charge in [0.1, 0.15) is 0 Å². The molecule has 1 N–H and O–H groups in total. The van der Waals surface area contributed by atoms with Crippen molar-refractivity contribution >= 4 is 5.69 Å². The maximum Gasteiger partial charge on any atom is 0.0787 e. The Morgan fingerprint density at radius 3 is 2.30 bits per heavy atom. The molecule has 2 rings (SSSR count). The van der Waals surface area contributed by atoms with Gasteiger partial charge in [-0.15, -0.1) is 0 Å². The van der Waals surface area contributed by atoms with E-state index in [0.717, 1.165) is 12.0 Å². The summed E-state index contributed by atoms with van der Waals surface area (Å²) in [6.07, 6.45) is 2.92. The van der Waals surface area contributed by atoms with E-state index >= 15 is 0 Å². The Balaban J connectivity index is 1.97. The Kier molecular flexibility index (Phi) is 5.44. The van der Waals surface area contributed by atoms with Gasteiger partial charge in [0.25, 0.3) is 0 Å². The van der Waals surface area contributed by atoms with Crippen LogP contribution in [-0.4, -0.2) is 42.7 Å². The minimum Gasteiger partial charge on any atom is -0.388 e. The Labute approximate surface area is 123 Å². The van der Waals surface area contributed by atoms with Crippen LogP contribution in [0.5, 0.6) is 0 Å². The molecule has 1 aromatic carbocycles. The molecular weight excluding hydrogens is 248 g/mol. The van der Waals surface area contributed by atoms with Crippen LogP contribution in [0.1, 0.15) is 44.8 Å². The van der Waals surface area contributed by atoms with Crippen LogP contribution in [0, 0.1) is 0 Å². The summed E-state index contributed by atoms with van der Waals surface area (Å²) in [5.74, 6) is 0. The van der Waals surface area contributed by atoms with Gasteiger partial charge in [0.15, 0.2) is 0 Å². The quantitative estimate of drug-likeness (QED) is 0.895. The van der Waals surface area contributed by atoms with Crippen LogP contribution >= 0.6 is 0 Å². The maximum absolute atomic E-state index is 9.84. The number of aliphatic hydroxyl groups excluding tert-OH is 1. The molecule has 3 heteroatoms. The molecule has 0 aromatic heterocycles. The molecule has 0 unspecified atom stereocenters. The zero-order valence-corrected chi connectivity index (χ0v) is 13.0. The Morgan fingerprint density at radius 2 is 1.80 bits per heavy atom. The molecule has 0 aliphatic carbocycles. The van der Waals surface area contributed by atoms with E-state index in [1.54, 1.807) is 0 Å². The van der Waals surface area contributed by atoms with Crippen LogP contribution in [0.15, 0.2) is 24.3 Å². The third-order valence-electron chi connectivity index (χ3n) is 4.62. The molecule has 1 heterocycles. The highest BCUT2D eigenvalue weighted by molar-refractivity contribution is 5.48. The van der Waals surface area contributed by atoms with Gasteiger partial charge in [-0.1, -0.05) is 26.0 Å². The highest BCUT2D eigenvalue weighted by atomic mass is 16.3. The van der Waals surface area contributed by atoms with Crippen molar-refractivity contribution < 1.29 is 5.11 Å². The third kappa shape index (κ3) is 3.53. The number of piperidine rings is 1. The monoisotopic (exact) mass is 276 g/mol. The summed E-state index contributed by atoms with van der Waals surface area (Å²) in [4.78, 5) is 4.92. The van der Waals surface area contributed by atoms with Gasteiger partial charge in [-0.05, 0) is 43.5 Å². The smallest absolute Gasteiger partial charge is 0.0787 e. The topological polar surface area (TPSA) is 26.7 Å². The first-order chi connectivity index (χ1) is 9.65. The average molecular weight is 276 g/mol. The molecule has 1 fully saturated rings. The number of nitrogens with zero attached hydrogens (tertiary/aromatic N) is 2. The van der Waals surface area contributed by atoms with Crippen molar-refractivity contribution in [1.82, 2.24) is 4.90 Å². The number of rotatable bonds is 5. The second kappa shape index (κ2) is 7.09. The molecule has 112 valence electrons. The highest BCUT2D eigenvalue weighted by Crippen LogP contribution is 2.24. The highest BCUT2D eigenvalue weighted by Gasteiger charge is 2.21. The van der Waals surface area contributed by atoms with Crippen molar-refractivity contribution in [1.29, 1.82) is 0 Å². The first-order valence-corrected chi connectivity index (χ1v) is 7.88. The Bertz CT molecular complexity index is 396. The van der Waals surface area contributed by atoms with Gasteiger partial charge in [0.2, 0.25) is 0 Å². The molecule has 0 spiro atoms. The van der Waals surface area contributed by atoms with E-state index in [2.05, 4.69) is 48.0 Å². The SMILES string of the molecule is CC[C@H](O)c1ccc(N(C)C2CCN(CC)CC2)cc1. The fourth-order valence-corrected chi connectivity index (χ4v) is 3.00. The van der Waals surface area contributed by atoms with Gasteiger partial charge in [0, 0.05) is 31.9 Å². The van der Waals surface area contributed by atoms with E-state index in [1.807, 2.05) is 6.92 Å². The van der Waals surface area contributed by atoms with Crippen LogP contribution in [0.3, 0.4) is 0 Å². The van der Waals surface area contributed by atoms with Crippen molar-refractivity contribution in [2.45, 2.75) is 45.3 Å². The number of hydrogen-bond donors (Lipinski definition) is 1. The number of aliphatic hydroxyl groups is 1. The summed E-state index contributed by atoms with van der Waals surface area (Å²) >= 11 is 0. The predicted molar refractivity (Wildman–Crippen MR) is 85.2 cm³/mol. The third-order valence-corrected chi connectivity index (χ3v) is 4.62. The number of anilines is 1. The van der Waals surface area contributed by atoms with Crippen molar-refractivity contribution in [3.05, 3.63) is 29.8 Å². The van der Waals surface area contributed by atoms with Crippen LogP contribution < -0.4 is 4.90 Å². The molecule has 0 amide bonds. The van der Waals surface area contributed by atoms with Crippen molar-refractivity contribution in [3.63, 3.8) is 0 Å². The molecule has 20 heavy (non-hydrogen) atoms. The van der Waals surface area contributed by atoms with Crippen molar-refractivity contribution in [3.8, 4) is 0 Å². The molecule has 3 nitrogen and oxygen atoms in total. The summed E-state index contributed by atoms with van der Waals surface area (Å²) in [5, 5.41) is 9.84. The molecule has 1 aliphatic rings. The van der Waals surface area contributed by atoms with Gasteiger partial charge >= 0.3 is 0 Å². The van der Waals surface area contributed by atoms with E-state index in [9.17, 15) is 5.11 Å². The minimum atomic E-state index is -0.331. The molecule has 0 bridgehead atoms. The van der Waals surface area contributed by atoms with E-state index in [0.29, 0.717) is 6.04 Å². The van der Waals surface area contributed by atoms with Crippen LogP contribution in [0.2, 0.25) is 0 Å². The molecular formula is C17H28N2O. The lowest BCUT2D eigenvalue weighted by molar-refractivity contribution is 0.173. The average Bonchev–Trinajstić information content (AvgIpc) is 2.53. The van der Waals surface area contributed by atoms with E-state index in [1.165, 1.54) is 38.2 Å². The summed E-state index contributed by atoms with van der Waals surface area (Å²) in [5.41, 5.74) is 2.28. The van der Waals surface area contributed by atoms with Crippen molar-refractivity contribution in [2.24, 2.45) is 0 Å². The van der Waals surface area contributed by atoms with Crippen LogP contribution in [0.25, 0.3) is 0 Å². The molecule has 0 saturated carbocycles. The first-order valence-electron chi connectivity index (χ1n) is 7.88. The standard InChI is InChI=1S/C17H28N2O/c1-4-17(20)14-6-8-15(9-7-14)18(3)16-10-12-19(5-2)13-11-16/h6-9,16-17,20H,4-5,10-13H2,1-3H3/t17-/m0/s1. The van der Waals surface area contributed by atoms with E-state index < -0.39 is 0 Å². The van der Waals surface area contributed by atoms with Gasteiger partial charge in [0.05, 0.1) is 6.10 Å². The number of likely N-dealkylation sites (tertiary alicyclic amines) is 1.